The van der Waals surface area contributed by atoms with Gasteiger partial charge < -0.3 is 5.32 Å². The van der Waals surface area contributed by atoms with E-state index >= 15 is 0 Å². The van der Waals surface area contributed by atoms with Crippen LogP contribution in [0.4, 0.5) is 0 Å². The van der Waals surface area contributed by atoms with E-state index in [1.54, 1.807) is 37.3 Å². The monoisotopic (exact) mass is 281 g/mol. The van der Waals surface area contributed by atoms with Crippen molar-refractivity contribution in [3.8, 4) is 0 Å². The van der Waals surface area contributed by atoms with Crippen LogP contribution in [0.3, 0.4) is 0 Å². The molecule has 1 aromatic carbocycles. The fraction of sp³-hybridized carbons (Fsp3) is 0.364. The molecule has 0 aliphatic rings. The second-order valence-electron chi connectivity index (χ2n) is 4.11. The van der Waals surface area contributed by atoms with E-state index in [4.69, 9.17) is 4.55 Å². The molecule has 0 saturated heterocycles. The van der Waals surface area contributed by atoms with E-state index in [2.05, 4.69) is 5.32 Å². The summed E-state index contributed by atoms with van der Waals surface area (Å²) < 4.78 is 31.0. The van der Waals surface area contributed by atoms with Crippen LogP contribution >= 0.6 is 0 Å². The van der Waals surface area contributed by atoms with E-state index in [0.29, 0.717) is 5.56 Å². The normalized spacial score (nSPS) is 14.2. The molecule has 0 radical (unpaired) electrons. The number of carbonyl (C=O) groups is 1. The first-order valence-electron chi connectivity index (χ1n) is 5.02. The Morgan fingerprint density at radius 3 is 2.22 bits per heavy atom. The first-order valence-corrected chi connectivity index (χ1v) is 6.63. The molecule has 0 bridgehead atoms. The summed E-state index contributed by atoms with van der Waals surface area (Å²) in [6.07, 6.45) is 0. The van der Waals surface area contributed by atoms with Gasteiger partial charge in [-0.1, -0.05) is 30.3 Å². The summed E-state index contributed by atoms with van der Waals surface area (Å²) in [5.41, 5.74) is -0.520. The van der Waals surface area contributed by atoms with E-state index < -0.39 is 21.4 Å². The molecule has 96 valence electrons. The van der Waals surface area contributed by atoms with Crippen LogP contribution in [0.5, 0.6) is 0 Å². The van der Waals surface area contributed by atoms with Crippen LogP contribution in [0, 0.1) is 0 Å². The summed E-state index contributed by atoms with van der Waals surface area (Å²) >= 11 is 0. The molecule has 1 rings (SSSR count). The van der Waals surface area contributed by atoms with E-state index in [-0.39, 0.29) is 35.5 Å². The van der Waals surface area contributed by atoms with Crippen LogP contribution in [0.25, 0.3) is 0 Å². The van der Waals surface area contributed by atoms with Crippen LogP contribution in [0.1, 0.15) is 19.4 Å². The van der Waals surface area contributed by atoms with Gasteiger partial charge in [0.05, 0.1) is 5.54 Å². The van der Waals surface area contributed by atoms with Crippen molar-refractivity contribution in [2.75, 3.05) is 5.75 Å². The topological polar surface area (TPSA) is 83.5 Å². The molecule has 7 heteroatoms. The minimum atomic E-state index is -4.19. The third-order valence-corrected chi connectivity index (χ3v) is 3.28. The first kappa shape index (κ1) is 17.6. The molecule has 1 aromatic rings. The molecule has 2 N–H and O–H groups in total. The summed E-state index contributed by atoms with van der Waals surface area (Å²) in [5.74, 6) is -0.927. The number of benzene rings is 1. The predicted octanol–water partition coefficient (Wildman–Crippen LogP) is 0.277. The number of nitrogens with one attached hydrogen (secondary N) is 1. The van der Waals surface area contributed by atoms with Crippen molar-refractivity contribution in [3.63, 3.8) is 0 Å². The molecule has 0 spiro atoms. The van der Waals surface area contributed by atoms with E-state index in [9.17, 15) is 13.2 Å². The Bertz CT molecular complexity index is 503. The average molecular weight is 281 g/mol. The quantitative estimate of drug-likeness (QED) is 0.613. The van der Waals surface area contributed by atoms with Gasteiger partial charge in [-0.2, -0.15) is 8.42 Å². The summed E-state index contributed by atoms with van der Waals surface area (Å²) in [7, 11) is -4.19. The average Bonchev–Trinajstić information content (AvgIpc) is 2.14. The third-order valence-electron chi connectivity index (χ3n) is 2.33. The van der Waals surface area contributed by atoms with Gasteiger partial charge in [0.1, 0.15) is 5.75 Å². The maximum absolute atomic E-state index is 11.1. The van der Waals surface area contributed by atoms with Crippen molar-refractivity contribution < 1.29 is 17.8 Å². The Hall–Kier alpha value is -0.400. The van der Waals surface area contributed by atoms with Crippen LogP contribution in [0.15, 0.2) is 30.3 Å². The Morgan fingerprint density at radius 2 is 1.83 bits per heavy atom. The Morgan fingerprint density at radius 1 is 1.33 bits per heavy atom. The minimum absolute atomic E-state index is 0. The maximum atomic E-state index is 11.1. The molecule has 0 aliphatic heterocycles. The zero-order valence-electron chi connectivity index (χ0n) is 9.67. The van der Waals surface area contributed by atoms with Gasteiger partial charge in [0.2, 0.25) is 5.91 Å². The van der Waals surface area contributed by atoms with E-state index in [1.807, 2.05) is 0 Å². The van der Waals surface area contributed by atoms with Crippen molar-refractivity contribution in [2.24, 2.45) is 0 Å². The number of rotatable bonds is 4. The molecule has 1 unspecified atom stereocenters. The van der Waals surface area contributed by atoms with Crippen molar-refractivity contribution in [2.45, 2.75) is 19.4 Å². The third kappa shape index (κ3) is 5.49. The van der Waals surface area contributed by atoms with Crippen LogP contribution in [-0.2, 0) is 20.5 Å². The fourth-order valence-electron chi connectivity index (χ4n) is 1.75. The number of hydrogen-bond acceptors (Lipinski definition) is 3. The molecular weight excluding hydrogens is 265 g/mol. The summed E-state index contributed by atoms with van der Waals surface area (Å²) in [4.78, 5) is 11.1. The zero-order valence-corrected chi connectivity index (χ0v) is 10.5. The summed E-state index contributed by atoms with van der Waals surface area (Å²) in [6, 6.07) is 8.64. The number of amides is 1. The molecule has 0 fully saturated rings. The van der Waals surface area contributed by atoms with Gasteiger partial charge in [-0.3, -0.25) is 9.35 Å². The Balaban J connectivity index is 0.00000289. The molecule has 0 heterocycles. The van der Waals surface area contributed by atoms with Gasteiger partial charge in [0.25, 0.3) is 10.1 Å². The van der Waals surface area contributed by atoms with Gasteiger partial charge in [-0.05, 0) is 12.5 Å². The molecule has 0 saturated carbocycles. The van der Waals surface area contributed by atoms with E-state index in [0.717, 1.165) is 0 Å². The standard InChI is InChI=1S/C11H15NO4S.Na.H/c1-9(13)12-11(2,8-17(14,15)16)10-6-4-3-5-7-10;;/h3-7H,8H2,1-2H3,(H,12,13)(H,14,15,16);;. The van der Waals surface area contributed by atoms with Gasteiger partial charge >= 0.3 is 29.6 Å². The van der Waals surface area contributed by atoms with E-state index in [1.165, 1.54) is 6.92 Å². The molecule has 1 amide bonds. The number of hydrogen-bond donors (Lipinski definition) is 2. The van der Waals surface area contributed by atoms with Crippen LogP contribution in [0.2, 0.25) is 0 Å². The van der Waals surface area contributed by atoms with Crippen molar-refractivity contribution in [1.29, 1.82) is 0 Å². The molecule has 18 heavy (non-hydrogen) atoms. The molecular formula is C11H16NNaO4S. The first-order chi connectivity index (χ1) is 7.73. The van der Waals surface area contributed by atoms with Crippen LogP contribution in [-0.4, -0.2) is 54.2 Å². The second kappa shape index (κ2) is 6.68. The second-order valence-corrected chi connectivity index (χ2v) is 5.56. The zero-order chi connectivity index (χ0) is 13.1. The molecule has 0 aromatic heterocycles. The Labute approximate surface area is 129 Å². The van der Waals surface area contributed by atoms with Crippen LogP contribution < -0.4 is 5.32 Å². The number of carbonyl (C=O) groups excluding carboxylic acids is 1. The molecule has 1 atom stereocenters. The summed E-state index contributed by atoms with van der Waals surface area (Å²) in [5, 5.41) is 2.55. The Kier molecular flexibility index (Phi) is 6.53. The molecule has 0 aliphatic carbocycles. The van der Waals surface area contributed by atoms with Gasteiger partial charge in [-0.25, -0.2) is 0 Å². The SMILES string of the molecule is CC(=O)NC(C)(CS(=O)(=O)O)c1ccccc1.[NaH]. The van der Waals surface area contributed by atoms with Gasteiger partial charge in [-0.15, -0.1) is 0 Å². The van der Waals surface area contributed by atoms with Crippen molar-refractivity contribution in [1.82, 2.24) is 5.32 Å². The van der Waals surface area contributed by atoms with Crippen molar-refractivity contribution >= 4 is 45.6 Å². The van der Waals surface area contributed by atoms with Crippen molar-refractivity contribution in [3.05, 3.63) is 35.9 Å². The molecule has 5 nitrogen and oxygen atoms in total. The fourth-order valence-corrected chi connectivity index (χ4v) is 2.72. The summed E-state index contributed by atoms with van der Waals surface area (Å²) in [6.45, 7) is 2.85. The van der Waals surface area contributed by atoms with Gasteiger partial charge in [0.15, 0.2) is 0 Å². The predicted molar refractivity (Wildman–Crippen MR) is 71.2 cm³/mol. The van der Waals surface area contributed by atoms with Gasteiger partial charge in [0, 0.05) is 6.92 Å².